The summed E-state index contributed by atoms with van der Waals surface area (Å²) in [5.41, 5.74) is 1.31. The Bertz CT molecular complexity index is 888. The normalized spacial score (nSPS) is 15.7. The lowest BCUT2D eigenvalue weighted by Crippen LogP contribution is -3.14. The van der Waals surface area contributed by atoms with Crippen LogP contribution in [0.25, 0.3) is 22.3 Å². The predicted octanol–water partition coefficient (Wildman–Crippen LogP) is 2.16. The van der Waals surface area contributed by atoms with Crippen LogP contribution in [0.3, 0.4) is 0 Å². The fourth-order valence-electron chi connectivity index (χ4n) is 3.45. The van der Waals surface area contributed by atoms with Crippen molar-refractivity contribution in [1.82, 2.24) is 9.97 Å². The SMILES string of the molecule is CC[NH+]1CCN(c2nc(-c3ccccc3F)nc3ccccc23)CC1. The number of quaternary nitrogens is 1. The first-order valence-electron chi connectivity index (χ1n) is 8.86. The summed E-state index contributed by atoms with van der Waals surface area (Å²) < 4.78 is 14.2. The van der Waals surface area contributed by atoms with Crippen LogP contribution in [-0.2, 0) is 0 Å². The van der Waals surface area contributed by atoms with Gasteiger partial charge in [-0.3, -0.25) is 0 Å². The van der Waals surface area contributed by atoms with Crippen molar-refractivity contribution < 1.29 is 9.29 Å². The molecule has 4 rings (SSSR count). The molecule has 0 bridgehead atoms. The van der Waals surface area contributed by atoms with Crippen molar-refractivity contribution >= 4 is 16.7 Å². The van der Waals surface area contributed by atoms with Gasteiger partial charge in [-0.1, -0.05) is 24.3 Å². The summed E-state index contributed by atoms with van der Waals surface area (Å²) in [5.74, 6) is 1.08. The molecule has 1 saturated heterocycles. The number of aromatic nitrogens is 2. The van der Waals surface area contributed by atoms with Gasteiger partial charge in [-0.25, -0.2) is 14.4 Å². The number of nitrogens with one attached hydrogen (secondary N) is 1. The minimum Gasteiger partial charge on any atom is -0.345 e. The van der Waals surface area contributed by atoms with E-state index >= 15 is 0 Å². The van der Waals surface area contributed by atoms with Crippen LogP contribution in [0.15, 0.2) is 48.5 Å². The van der Waals surface area contributed by atoms with Crippen molar-refractivity contribution in [2.75, 3.05) is 37.6 Å². The first kappa shape index (κ1) is 16.0. The maximum Gasteiger partial charge on any atom is 0.165 e. The van der Waals surface area contributed by atoms with Crippen molar-refractivity contribution in [2.45, 2.75) is 6.92 Å². The van der Waals surface area contributed by atoms with E-state index in [0.29, 0.717) is 11.4 Å². The zero-order chi connectivity index (χ0) is 17.2. The van der Waals surface area contributed by atoms with E-state index < -0.39 is 0 Å². The Morgan fingerprint density at radius 3 is 2.48 bits per heavy atom. The molecule has 4 nitrogen and oxygen atoms in total. The van der Waals surface area contributed by atoms with Gasteiger partial charge in [-0.2, -0.15) is 0 Å². The third-order valence-corrected chi connectivity index (χ3v) is 4.97. The maximum absolute atomic E-state index is 14.2. The second-order valence-corrected chi connectivity index (χ2v) is 6.46. The van der Waals surface area contributed by atoms with E-state index in [-0.39, 0.29) is 5.82 Å². The number of para-hydroxylation sites is 1. The van der Waals surface area contributed by atoms with Crippen LogP contribution < -0.4 is 9.80 Å². The van der Waals surface area contributed by atoms with E-state index in [0.717, 1.165) is 49.4 Å². The lowest BCUT2D eigenvalue weighted by molar-refractivity contribution is -0.898. The predicted molar refractivity (Wildman–Crippen MR) is 98.4 cm³/mol. The monoisotopic (exact) mass is 337 g/mol. The third-order valence-electron chi connectivity index (χ3n) is 4.97. The van der Waals surface area contributed by atoms with E-state index in [2.05, 4.69) is 22.9 Å². The Hall–Kier alpha value is -2.53. The molecule has 0 radical (unpaired) electrons. The highest BCUT2D eigenvalue weighted by Crippen LogP contribution is 2.28. The topological polar surface area (TPSA) is 33.5 Å². The van der Waals surface area contributed by atoms with Gasteiger partial charge >= 0.3 is 0 Å². The molecule has 0 atom stereocenters. The summed E-state index contributed by atoms with van der Waals surface area (Å²) in [6, 6.07) is 14.7. The molecule has 1 aliphatic rings. The molecule has 5 heteroatoms. The number of hydrogen-bond acceptors (Lipinski definition) is 3. The average molecular weight is 337 g/mol. The summed E-state index contributed by atoms with van der Waals surface area (Å²) in [6.45, 7) is 7.50. The molecule has 1 fully saturated rings. The van der Waals surface area contributed by atoms with Gasteiger partial charge in [0, 0.05) is 5.39 Å². The minimum absolute atomic E-state index is 0.288. The van der Waals surface area contributed by atoms with Crippen LogP contribution in [0.2, 0.25) is 0 Å². The van der Waals surface area contributed by atoms with Crippen molar-refractivity contribution in [1.29, 1.82) is 0 Å². The number of halogens is 1. The molecule has 0 spiro atoms. The lowest BCUT2D eigenvalue weighted by atomic mass is 10.1. The van der Waals surface area contributed by atoms with Gasteiger partial charge in [0.25, 0.3) is 0 Å². The van der Waals surface area contributed by atoms with Crippen LogP contribution in [0.4, 0.5) is 10.2 Å². The van der Waals surface area contributed by atoms with Crippen molar-refractivity contribution in [3.8, 4) is 11.4 Å². The lowest BCUT2D eigenvalue weighted by Gasteiger charge is -2.33. The molecule has 0 saturated carbocycles. The second kappa shape index (κ2) is 6.76. The van der Waals surface area contributed by atoms with Gasteiger partial charge < -0.3 is 9.80 Å². The molecule has 3 aromatic rings. The quantitative estimate of drug-likeness (QED) is 0.795. The van der Waals surface area contributed by atoms with Gasteiger partial charge in [0.15, 0.2) is 5.82 Å². The van der Waals surface area contributed by atoms with E-state index in [9.17, 15) is 4.39 Å². The van der Waals surface area contributed by atoms with Crippen molar-refractivity contribution in [3.63, 3.8) is 0 Å². The molecule has 1 aliphatic heterocycles. The van der Waals surface area contributed by atoms with Crippen LogP contribution in [0.5, 0.6) is 0 Å². The van der Waals surface area contributed by atoms with E-state index in [1.165, 1.54) is 6.07 Å². The number of benzene rings is 2. The third kappa shape index (κ3) is 3.07. The van der Waals surface area contributed by atoms with Gasteiger partial charge in [-0.05, 0) is 31.2 Å². The standard InChI is InChI=1S/C20H21FN4/c1-2-24-11-13-25(14-12-24)20-16-8-4-6-10-18(16)22-19(23-20)15-7-3-5-9-17(15)21/h3-10H,2,11-14H2,1H3/p+1. The highest BCUT2D eigenvalue weighted by molar-refractivity contribution is 5.91. The van der Waals surface area contributed by atoms with Gasteiger partial charge in [0.05, 0.1) is 43.8 Å². The van der Waals surface area contributed by atoms with Crippen molar-refractivity contribution in [2.24, 2.45) is 0 Å². The second-order valence-electron chi connectivity index (χ2n) is 6.46. The highest BCUT2D eigenvalue weighted by atomic mass is 19.1. The van der Waals surface area contributed by atoms with E-state index in [1.54, 1.807) is 17.0 Å². The maximum atomic E-state index is 14.2. The number of fused-ring (bicyclic) bond motifs is 1. The Labute approximate surface area is 146 Å². The summed E-state index contributed by atoms with van der Waals surface area (Å²) in [7, 11) is 0. The zero-order valence-corrected chi connectivity index (χ0v) is 14.4. The number of nitrogens with zero attached hydrogens (tertiary/aromatic N) is 3. The van der Waals surface area contributed by atoms with E-state index in [4.69, 9.17) is 4.98 Å². The van der Waals surface area contributed by atoms with E-state index in [1.807, 2.05) is 24.3 Å². The first-order valence-corrected chi connectivity index (χ1v) is 8.86. The molecule has 2 heterocycles. The van der Waals surface area contributed by atoms with Crippen LogP contribution >= 0.6 is 0 Å². The number of likely N-dealkylation sites (N-methyl/N-ethyl adjacent to an activating group) is 1. The van der Waals surface area contributed by atoms with Crippen LogP contribution in [0.1, 0.15) is 6.92 Å². The fraction of sp³-hybridized carbons (Fsp3) is 0.300. The van der Waals surface area contributed by atoms with Gasteiger partial charge in [0.2, 0.25) is 0 Å². The molecule has 2 aromatic carbocycles. The largest absolute Gasteiger partial charge is 0.345 e. The van der Waals surface area contributed by atoms with Gasteiger partial charge in [0.1, 0.15) is 11.6 Å². The van der Waals surface area contributed by atoms with Gasteiger partial charge in [-0.15, -0.1) is 0 Å². The van der Waals surface area contributed by atoms with Crippen molar-refractivity contribution in [3.05, 3.63) is 54.3 Å². The molecule has 128 valence electrons. The summed E-state index contributed by atoms with van der Waals surface area (Å²) >= 11 is 0. The summed E-state index contributed by atoms with van der Waals surface area (Å²) in [4.78, 5) is 13.3. The fourth-order valence-corrected chi connectivity index (χ4v) is 3.45. The number of hydrogen-bond donors (Lipinski definition) is 1. The Balaban J connectivity index is 1.81. The first-order chi connectivity index (χ1) is 12.3. The van der Waals surface area contributed by atoms with Crippen LogP contribution in [-0.4, -0.2) is 42.7 Å². The summed E-state index contributed by atoms with van der Waals surface area (Å²) in [6.07, 6.45) is 0. The number of piperazine rings is 1. The molecule has 1 N–H and O–H groups in total. The smallest absolute Gasteiger partial charge is 0.165 e. The summed E-state index contributed by atoms with van der Waals surface area (Å²) in [5, 5.41) is 1.03. The Morgan fingerprint density at radius 2 is 1.72 bits per heavy atom. The molecule has 0 unspecified atom stereocenters. The zero-order valence-electron chi connectivity index (χ0n) is 14.4. The van der Waals surface area contributed by atoms with Crippen LogP contribution in [0, 0.1) is 5.82 Å². The molecular formula is C20H22FN4+. The highest BCUT2D eigenvalue weighted by Gasteiger charge is 2.22. The average Bonchev–Trinajstić information content (AvgIpc) is 2.67. The molecule has 25 heavy (non-hydrogen) atoms. The molecule has 1 aromatic heterocycles. The number of anilines is 1. The number of rotatable bonds is 3. The molecule has 0 amide bonds. The minimum atomic E-state index is -0.288. The molecule has 0 aliphatic carbocycles. The Kier molecular flexibility index (Phi) is 4.32. The Morgan fingerprint density at radius 1 is 1.00 bits per heavy atom. The molecular weight excluding hydrogens is 315 g/mol.